The van der Waals surface area contributed by atoms with Gasteiger partial charge in [0.15, 0.2) is 0 Å². The first-order chi connectivity index (χ1) is 11.5. The molecule has 0 heteroatoms. The van der Waals surface area contributed by atoms with Gasteiger partial charge in [0.05, 0.1) is 0 Å². The predicted octanol–water partition coefficient (Wildman–Crippen LogP) is 8.20. The molecular weight excluding hydrogens is 288 g/mol. The molecule has 0 radical (unpaired) electrons. The fourth-order valence-electron chi connectivity index (χ4n) is 2.94. The lowest BCUT2D eigenvalue weighted by atomic mass is 9.87. The Balaban J connectivity index is 5.40. The van der Waals surface area contributed by atoms with Crippen LogP contribution >= 0.6 is 0 Å². The van der Waals surface area contributed by atoms with E-state index in [-0.39, 0.29) is 0 Å². The molecule has 0 nitrogen and oxygen atoms in total. The van der Waals surface area contributed by atoms with Gasteiger partial charge >= 0.3 is 0 Å². The zero-order chi connectivity index (χ0) is 18.4. The van der Waals surface area contributed by atoms with Crippen LogP contribution in [0.1, 0.15) is 80.6 Å². The Hall–Kier alpha value is -1.30. The second kappa shape index (κ2) is 14.1. The van der Waals surface area contributed by atoms with Crippen molar-refractivity contribution in [1.82, 2.24) is 0 Å². The fourth-order valence-corrected chi connectivity index (χ4v) is 2.94. The van der Waals surface area contributed by atoms with Gasteiger partial charge in [0.1, 0.15) is 0 Å². The molecule has 24 heavy (non-hydrogen) atoms. The summed E-state index contributed by atoms with van der Waals surface area (Å²) in [6, 6.07) is 0. The van der Waals surface area contributed by atoms with E-state index in [2.05, 4.69) is 91.0 Å². The van der Waals surface area contributed by atoms with Gasteiger partial charge < -0.3 is 0 Å². The van der Waals surface area contributed by atoms with Crippen LogP contribution in [0.4, 0.5) is 0 Å². The van der Waals surface area contributed by atoms with Crippen LogP contribution in [-0.2, 0) is 0 Å². The standard InChI is InChI=1S/C24H40/c1-8-12-16-21(6)23(14-10-3)19-24(15-11-4)22(7)18-17-20(5)13-9-2/h8,12-13,16-19,22-23H,9-11,14-15H2,1-7H3/b12-8-,18-17-,20-13-,21-16+,24-19+. The summed E-state index contributed by atoms with van der Waals surface area (Å²) in [7, 11) is 0. The monoisotopic (exact) mass is 328 g/mol. The Morgan fingerprint density at radius 1 is 1.04 bits per heavy atom. The molecule has 0 fully saturated rings. The van der Waals surface area contributed by atoms with Gasteiger partial charge in [0.25, 0.3) is 0 Å². The van der Waals surface area contributed by atoms with Crippen LogP contribution in [0.2, 0.25) is 0 Å². The van der Waals surface area contributed by atoms with Crippen molar-refractivity contribution in [2.45, 2.75) is 80.6 Å². The lowest BCUT2D eigenvalue weighted by Gasteiger charge is -2.19. The molecule has 0 aromatic carbocycles. The van der Waals surface area contributed by atoms with E-state index < -0.39 is 0 Å². The molecule has 0 saturated heterocycles. The van der Waals surface area contributed by atoms with Crippen molar-refractivity contribution in [2.75, 3.05) is 0 Å². The molecule has 0 aliphatic rings. The lowest BCUT2D eigenvalue weighted by Crippen LogP contribution is -2.04. The SMILES string of the molecule is C/C=C\C=C(/C)C(/C=C(\CCC)C(C)/C=C\C(C)=C/CC)CCC. The van der Waals surface area contributed by atoms with Gasteiger partial charge in [-0.3, -0.25) is 0 Å². The number of hydrogen-bond donors (Lipinski definition) is 0. The maximum atomic E-state index is 2.55. The average molecular weight is 329 g/mol. The molecule has 0 saturated carbocycles. The maximum absolute atomic E-state index is 2.55. The minimum Gasteiger partial charge on any atom is -0.0877 e. The highest BCUT2D eigenvalue weighted by molar-refractivity contribution is 5.24. The minimum absolute atomic E-state index is 0.513. The van der Waals surface area contributed by atoms with E-state index in [9.17, 15) is 0 Å². The molecule has 0 aliphatic heterocycles. The quantitative estimate of drug-likeness (QED) is 0.265. The van der Waals surface area contributed by atoms with Crippen molar-refractivity contribution in [2.24, 2.45) is 11.8 Å². The molecule has 2 unspecified atom stereocenters. The van der Waals surface area contributed by atoms with Crippen molar-refractivity contribution in [1.29, 1.82) is 0 Å². The molecule has 0 heterocycles. The van der Waals surface area contributed by atoms with Crippen molar-refractivity contribution in [3.63, 3.8) is 0 Å². The van der Waals surface area contributed by atoms with Gasteiger partial charge in [0.2, 0.25) is 0 Å². The minimum atomic E-state index is 0.513. The first-order valence-corrected chi connectivity index (χ1v) is 9.84. The van der Waals surface area contributed by atoms with Gasteiger partial charge in [-0.25, -0.2) is 0 Å². The highest BCUT2D eigenvalue weighted by atomic mass is 14.2. The van der Waals surface area contributed by atoms with Crippen LogP contribution < -0.4 is 0 Å². The molecule has 0 N–H and O–H groups in total. The third kappa shape index (κ3) is 9.75. The third-order valence-electron chi connectivity index (χ3n) is 4.45. The Morgan fingerprint density at radius 3 is 2.29 bits per heavy atom. The van der Waals surface area contributed by atoms with E-state index in [1.54, 1.807) is 5.57 Å². The van der Waals surface area contributed by atoms with Crippen molar-refractivity contribution >= 4 is 0 Å². The van der Waals surface area contributed by atoms with Crippen LogP contribution in [0.15, 0.2) is 59.3 Å². The summed E-state index contributed by atoms with van der Waals surface area (Å²) >= 11 is 0. The summed E-state index contributed by atoms with van der Waals surface area (Å²) < 4.78 is 0. The molecule has 0 rings (SSSR count). The summed E-state index contributed by atoms with van der Waals surface area (Å²) in [4.78, 5) is 0. The molecular formula is C24H40. The number of rotatable bonds is 11. The Labute approximate surface area is 152 Å². The van der Waals surface area contributed by atoms with Gasteiger partial charge in [-0.1, -0.05) is 99.8 Å². The Bertz CT molecular complexity index is 468. The summed E-state index contributed by atoms with van der Waals surface area (Å²) in [6.45, 7) is 15.6. The fraction of sp³-hybridized carbons (Fsp3) is 0.583. The second-order valence-corrected chi connectivity index (χ2v) is 6.83. The summed E-state index contributed by atoms with van der Waals surface area (Å²) in [5.74, 6) is 1.08. The van der Waals surface area contributed by atoms with Gasteiger partial charge in [-0.2, -0.15) is 0 Å². The third-order valence-corrected chi connectivity index (χ3v) is 4.45. The van der Waals surface area contributed by atoms with E-state index >= 15 is 0 Å². The first-order valence-electron chi connectivity index (χ1n) is 9.84. The average Bonchev–Trinajstić information content (AvgIpc) is 2.56. The zero-order valence-electron chi connectivity index (χ0n) is 17.2. The van der Waals surface area contributed by atoms with Gasteiger partial charge in [-0.05, 0) is 51.9 Å². The largest absolute Gasteiger partial charge is 0.0877 e. The van der Waals surface area contributed by atoms with Gasteiger partial charge in [0, 0.05) is 0 Å². The predicted molar refractivity (Wildman–Crippen MR) is 112 cm³/mol. The van der Waals surface area contributed by atoms with Crippen LogP contribution in [-0.4, -0.2) is 0 Å². The van der Waals surface area contributed by atoms with Crippen LogP contribution in [0.3, 0.4) is 0 Å². The van der Waals surface area contributed by atoms with E-state index in [1.807, 2.05) is 0 Å². The normalized spacial score (nSPS) is 17.0. The smallest absolute Gasteiger partial charge is 0.00201 e. The van der Waals surface area contributed by atoms with E-state index in [0.29, 0.717) is 11.8 Å². The lowest BCUT2D eigenvalue weighted by molar-refractivity contribution is 0.636. The van der Waals surface area contributed by atoms with E-state index in [0.717, 1.165) is 6.42 Å². The number of hydrogen-bond acceptors (Lipinski definition) is 0. The molecule has 0 aromatic heterocycles. The Morgan fingerprint density at radius 2 is 1.75 bits per heavy atom. The maximum Gasteiger partial charge on any atom is -0.00201 e. The van der Waals surface area contributed by atoms with Crippen LogP contribution in [0.25, 0.3) is 0 Å². The van der Waals surface area contributed by atoms with Crippen molar-refractivity contribution < 1.29 is 0 Å². The van der Waals surface area contributed by atoms with E-state index in [1.165, 1.54) is 36.8 Å². The molecule has 0 aliphatic carbocycles. The molecule has 0 bridgehead atoms. The topological polar surface area (TPSA) is 0 Å². The van der Waals surface area contributed by atoms with E-state index in [4.69, 9.17) is 0 Å². The molecule has 2 atom stereocenters. The second-order valence-electron chi connectivity index (χ2n) is 6.83. The summed E-state index contributed by atoms with van der Waals surface area (Å²) in [6.07, 6.45) is 22.0. The zero-order valence-corrected chi connectivity index (χ0v) is 17.2. The highest BCUT2D eigenvalue weighted by Gasteiger charge is 2.11. The Kier molecular flexibility index (Phi) is 13.3. The summed E-state index contributed by atoms with van der Waals surface area (Å²) in [5, 5.41) is 0. The first kappa shape index (κ1) is 22.7. The molecule has 0 amide bonds. The molecule has 0 aromatic rings. The van der Waals surface area contributed by atoms with Gasteiger partial charge in [-0.15, -0.1) is 0 Å². The van der Waals surface area contributed by atoms with Crippen LogP contribution in [0.5, 0.6) is 0 Å². The molecule has 136 valence electrons. The number of allylic oxidation sites excluding steroid dienone is 10. The highest BCUT2D eigenvalue weighted by Crippen LogP contribution is 2.26. The van der Waals surface area contributed by atoms with Crippen molar-refractivity contribution in [3.05, 3.63) is 59.3 Å². The van der Waals surface area contributed by atoms with Crippen LogP contribution in [0, 0.1) is 11.8 Å². The summed E-state index contributed by atoms with van der Waals surface area (Å²) in [5.41, 5.74) is 4.43. The molecule has 0 spiro atoms. The van der Waals surface area contributed by atoms with Crippen molar-refractivity contribution in [3.8, 4) is 0 Å².